The highest BCUT2D eigenvalue weighted by Crippen LogP contribution is 2.27. The van der Waals surface area contributed by atoms with Gasteiger partial charge in [-0.25, -0.2) is 0 Å². The SMILES string of the molecule is O=C(C[C@@H](Cc1ccccc1)C(=O)N[C@@H](C[C@@H]1CCCC1=O)C(O)S(=O)(=O)O)OCc1ccccc1. The lowest BCUT2D eigenvalue weighted by Gasteiger charge is -2.26. The third-order valence-corrected chi connectivity index (χ3v) is 7.24. The summed E-state index contributed by atoms with van der Waals surface area (Å²) in [6.45, 7) is 0.0350. The number of carbonyl (C=O) groups is 3. The predicted octanol–water partition coefficient (Wildman–Crippen LogP) is 2.43. The first kappa shape index (κ1) is 27.5. The van der Waals surface area contributed by atoms with Crippen molar-refractivity contribution in [1.29, 1.82) is 0 Å². The molecule has 10 heteroatoms. The lowest BCUT2D eigenvalue weighted by atomic mass is 9.93. The van der Waals surface area contributed by atoms with E-state index in [1.54, 1.807) is 36.4 Å². The molecule has 36 heavy (non-hydrogen) atoms. The summed E-state index contributed by atoms with van der Waals surface area (Å²) in [4.78, 5) is 38.0. The largest absolute Gasteiger partial charge is 0.461 e. The number of Topliss-reactive ketones (excluding diaryl/α,β-unsaturated/α-hetero) is 1. The van der Waals surface area contributed by atoms with Crippen LogP contribution >= 0.6 is 0 Å². The summed E-state index contributed by atoms with van der Waals surface area (Å²) in [6.07, 6.45) is 1.21. The summed E-state index contributed by atoms with van der Waals surface area (Å²) in [5, 5.41) is 12.7. The minimum absolute atomic E-state index is 0.0350. The molecule has 4 atom stereocenters. The lowest BCUT2D eigenvalue weighted by molar-refractivity contribution is -0.148. The van der Waals surface area contributed by atoms with Crippen LogP contribution in [0.15, 0.2) is 60.7 Å². The van der Waals surface area contributed by atoms with Crippen LogP contribution in [-0.4, -0.2) is 47.2 Å². The lowest BCUT2D eigenvalue weighted by Crippen LogP contribution is -2.50. The van der Waals surface area contributed by atoms with Crippen molar-refractivity contribution in [3.8, 4) is 0 Å². The maximum atomic E-state index is 13.3. The summed E-state index contributed by atoms with van der Waals surface area (Å²) in [5.41, 5.74) is -0.754. The van der Waals surface area contributed by atoms with E-state index < -0.39 is 45.3 Å². The molecule has 9 nitrogen and oxygen atoms in total. The second-order valence-corrected chi connectivity index (χ2v) is 10.6. The van der Waals surface area contributed by atoms with Gasteiger partial charge in [0.05, 0.1) is 18.4 Å². The summed E-state index contributed by atoms with van der Waals surface area (Å²) >= 11 is 0. The van der Waals surface area contributed by atoms with E-state index in [0.717, 1.165) is 11.1 Å². The molecule has 0 bridgehead atoms. The first-order valence-electron chi connectivity index (χ1n) is 11.8. The Kier molecular flexibility index (Phi) is 9.74. The molecular weight excluding hydrogens is 486 g/mol. The zero-order valence-electron chi connectivity index (χ0n) is 19.8. The van der Waals surface area contributed by atoms with Gasteiger partial charge in [-0.2, -0.15) is 8.42 Å². The Bertz CT molecular complexity index is 1140. The van der Waals surface area contributed by atoms with Gasteiger partial charge in [-0.05, 0) is 36.8 Å². The molecule has 0 heterocycles. The van der Waals surface area contributed by atoms with Crippen molar-refractivity contribution in [2.75, 3.05) is 0 Å². The second kappa shape index (κ2) is 12.8. The molecule has 0 spiro atoms. The number of esters is 1. The standard InChI is InChI=1S/C26H31NO8S/c28-23-13-7-12-20(23)15-22(26(31)36(32,33)34)27-25(30)21(14-18-8-3-1-4-9-18)16-24(29)35-17-19-10-5-2-6-11-19/h1-6,8-11,20-22,26,31H,7,12-17H2,(H,27,30)(H,32,33,34)/t20-,21+,22-,26?/m0/s1. The number of benzene rings is 2. The van der Waals surface area contributed by atoms with Gasteiger partial charge in [0.25, 0.3) is 10.1 Å². The molecule has 2 aromatic carbocycles. The fraction of sp³-hybridized carbons (Fsp3) is 0.423. The van der Waals surface area contributed by atoms with Crippen molar-refractivity contribution >= 4 is 27.8 Å². The summed E-state index contributed by atoms with van der Waals surface area (Å²) in [5.74, 6) is -2.86. The molecule has 0 radical (unpaired) electrons. The number of amides is 1. The minimum atomic E-state index is -4.92. The fourth-order valence-corrected chi connectivity index (χ4v) is 4.95. The van der Waals surface area contributed by atoms with Crippen molar-refractivity contribution in [3.63, 3.8) is 0 Å². The second-order valence-electron chi connectivity index (χ2n) is 9.05. The highest BCUT2D eigenvalue weighted by atomic mass is 32.2. The Hall–Kier alpha value is -3.08. The maximum absolute atomic E-state index is 13.3. The van der Waals surface area contributed by atoms with Crippen LogP contribution in [0.25, 0.3) is 0 Å². The molecule has 1 fully saturated rings. The number of ketones is 1. The van der Waals surface area contributed by atoms with Crippen LogP contribution in [0.3, 0.4) is 0 Å². The predicted molar refractivity (Wildman–Crippen MR) is 131 cm³/mol. The Morgan fingerprint density at radius 1 is 1.03 bits per heavy atom. The van der Waals surface area contributed by atoms with Gasteiger partial charge >= 0.3 is 5.97 Å². The van der Waals surface area contributed by atoms with E-state index in [4.69, 9.17) is 4.74 Å². The van der Waals surface area contributed by atoms with Gasteiger partial charge < -0.3 is 15.2 Å². The highest BCUT2D eigenvalue weighted by molar-refractivity contribution is 7.86. The number of carbonyl (C=O) groups excluding carboxylic acids is 3. The topological polar surface area (TPSA) is 147 Å². The monoisotopic (exact) mass is 517 g/mol. The van der Waals surface area contributed by atoms with Crippen LogP contribution in [-0.2, 0) is 42.3 Å². The average molecular weight is 518 g/mol. The van der Waals surface area contributed by atoms with E-state index >= 15 is 0 Å². The molecule has 194 valence electrons. The summed E-state index contributed by atoms with van der Waals surface area (Å²) < 4.78 is 38.1. The molecule has 0 saturated heterocycles. The van der Waals surface area contributed by atoms with E-state index in [2.05, 4.69) is 5.32 Å². The molecule has 0 aliphatic heterocycles. The Morgan fingerprint density at radius 2 is 1.64 bits per heavy atom. The van der Waals surface area contributed by atoms with Crippen molar-refractivity contribution < 1.29 is 37.2 Å². The smallest absolute Gasteiger partial charge is 0.306 e. The van der Waals surface area contributed by atoms with Crippen molar-refractivity contribution in [1.82, 2.24) is 5.32 Å². The van der Waals surface area contributed by atoms with Gasteiger partial charge in [-0.1, -0.05) is 60.7 Å². The van der Waals surface area contributed by atoms with E-state index in [1.165, 1.54) is 0 Å². The Labute approximate surface area is 210 Å². The van der Waals surface area contributed by atoms with E-state index in [-0.39, 0.29) is 31.7 Å². The molecule has 1 aliphatic rings. The molecule has 2 aromatic rings. The summed E-state index contributed by atoms with van der Waals surface area (Å²) in [6, 6.07) is 16.6. The van der Waals surface area contributed by atoms with E-state index in [1.807, 2.05) is 24.3 Å². The minimum Gasteiger partial charge on any atom is -0.461 e. The maximum Gasteiger partial charge on any atom is 0.306 e. The molecular formula is C26H31NO8S. The zero-order chi connectivity index (χ0) is 26.1. The van der Waals surface area contributed by atoms with Crippen LogP contribution in [0, 0.1) is 11.8 Å². The van der Waals surface area contributed by atoms with Gasteiger partial charge in [0.15, 0.2) is 0 Å². The first-order chi connectivity index (χ1) is 17.1. The van der Waals surface area contributed by atoms with Crippen molar-refractivity contribution in [2.45, 2.75) is 56.6 Å². The van der Waals surface area contributed by atoms with Gasteiger partial charge in [0, 0.05) is 12.3 Å². The number of rotatable bonds is 12. The van der Waals surface area contributed by atoms with Crippen molar-refractivity contribution in [2.24, 2.45) is 11.8 Å². The number of hydrogen-bond acceptors (Lipinski definition) is 7. The number of aliphatic hydroxyl groups is 1. The van der Waals surface area contributed by atoms with E-state index in [0.29, 0.717) is 19.3 Å². The number of nitrogens with one attached hydrogen (secondary N) is 1. The fourth-order valence-electron chi connectivity index (χ4n) is 4.35. The summed E-state index contributed by atoms with van der Waals surface area (Å²) in [7, 11) is -4.92. The normalized spacial score (nSPS) is 18.3. The third kappa shape index (κ3) is 8.25. The van der Waals surface area contributed by atoms with Gasteiger partial charge in [0.1, 0.15) is 12.4 Å². The molecule has 0 aromatic heterocycles. The van der Waals surface area contributed by atoms with Gasteiger partial charge in [-0.15, -0.1) is 0 Å². The Morgan fingerprint density at radius 3 is 2.19 bits per heavy atom. The van der Waals surface area contributed by atoms with E-state index in [9.17, 15) is 32.5 Å². The highest BCUT2D eigenvalue weighted by Gasteiger charge is 2.37. The van der Waals surface area contributed by atoms with Gasteiger partial charge in [0.2, 0.25) is 11.3 Å². The molecule has 1 aliphatic carbocycles. The molecule has 1 amide bonds. The number of aliphatic hydroxyl groups excluding tert-OH is 1. The molecule has 1 saturated carbocycles. The number of ether oxygens (including phenoxy) is 1. The quantitative estimate of drug-likeness (QED) is 0.287. The Balaban J connectivity index is 1.74. The zero-order valence-corrected chi connectivity index (χ0v) is 20.6. The van der Waals surface area contributed by atoms with Crippen LogP contribution in [0.5, 0.6) is 0 Å². The molecule has 1 unspecified atom stereocenters. The van der Waals surface area contributed by atoms with Gasteiger partial charge in [-0.3, -0.25) is 18.9 Å². The average Bonchev–Trinajstić information content (AvgIpc) is 3.26. The third-order valence-electron chi connectivity index (χ3n) is 6.30. The van der Waals surface area contributed by atoms with Crippen LogP contribution < -0.4 is 5.32 Å². The van der Waals surface area contributed by atoms with Crippen LogP contribution in [0.2, 0.25) is 0 Å². The van der Waals surface area contributed by atoms with Crippen LogP contribution in [0.4, 0.5) is 0 Å². The van der Waals surface area contributed by atoms with Crippen LogP contribution in [0.1, 0.15) is 43.2 Å². The number of hydrogen-bond donors (Lipinski definition) is 3. The molecule has 3 rings (SSSR count). The molecule has 3 N–H and O–H groups in total. The van der Waals surface area contributed by atoms with Crippen molar-refractivity contribution in [3.05, 3.63) is 71.8 Å². The first-order valence-corrected chi connectivity index (χ1v) is 13.3.